The van der Waals surface area contributed by atoms with Crippen molar-refractivity contribution < 1.29 is 0 Å². The Morgan fingerprint density at radius 2 is 0.970 bits per heavy atom. The van der Waals surface area contributed by atoms with E-state index in [0.717, 1.165) is 44.6 Å². The van der Waals surface area contributed by atoms with Crippen LogP contribution in [-0.4, -0.2) is 18.9 Å². The monoisotopic (exact) mass is 850 g/mol. The number of para-hydroxylation sites is 4. The van der Waals surface area contributed by atoms with Crippen LogP contribution in [0.1, 0.15) is 45.2 Å². The van der Waals surface area contributed by atoms with E-state index in [1.807, 2.05) is 0 Å². The third-order valence-electron chi connectivity index (χ3n) is 15.8. The molecule has 3 heterocycles. The molecule has 0 saturated heterocycles. The number of hydrogen-bond acceptors (Lipinski definition) is 2. The number of nitrogens with zero attached hydrogens (tertiary/aromatic N) is 4. The lowest BCUT2D eigenvalue weighted by Crippen LogP contribution is -2.34. The van der Waals surface area contributed by atoms with Crippen LogP contribution >= 0.6 is 0 Å². The standard InChI is InChI=1S/C63H38N4/c1-4-22-44-38(17-1)39-18-2-5-23-45(39)59-58(44)47-25-8-12-28-52(47)63(59)51-27-11-7-20-41(51)42-34-33-37(35-53(42)63)49-36-50-43-21-10-15-31-56(43)66(60(50)46-24-6-3-19-40(46)49)62-65-54-29-13-9-26-48(54)61-64-55-30-14-16-32-57(55)67(61)62/h1-36,58-59H. The first-order valence-electron chi connectivity index (χ1n) is 23.4. The van der Waals surface area contributed by atoms with Crippen LogP contribution in [0.5, 0.6) is 0 Å². The Balaban J connectivity index is 0.999. The Labute approximate surface area is 385 Å². The summed E-state index contributed by atoms with van der Waals surface area (Å²) < 4.78 is 4.66. The van der Waals surface area contributed by atoms with Gasteiger partial charge in [0.15, 0.2) is 0 Å². The molecule has 3 aliphatic carbocycles. The molecule has 1 spiro atoms. The lowest BCUT2D eigenvalue weighted by Gasteiger charge is -2.41. The maximum Gasteiger partial charge on any atom is 0.221 e. The highest BCUT2D eigenvalue weighted by Crippen LogP contribution is 2.71. The zero-order valence-electron chi connectivity index (χ0n) is 36.2. The number of rotatable bonds is 2. The second-order valence-electron chi connectivity index (χ2n) is 18.7. The highest BCUT2D eigenvalue weighted by atomic mass is 15.2. The van der Waals surface area contributed by atoms with E-state index in [1.165, 1.54) is 88.3 Å². The Kier molecular flexibility index (Phi) is 6.83. The molecule has 4 nitrogen and oxygen atoms in total. The Hall–Kier alpha value is -8.60. The van der Waals surface area contributed by atoms with Crippen molar-refractivity contribution in [1.29, 1.82) is 0 Å². The normalized spacial score (nSPS) is 17.6. The van der Waals surface area contributed by atoms with E-state index in [4.69, 9.17) is 9.97 Å². The van der Waals surface area contributed by atoms with Crippen LogP contribution in [0, 0.1) is 0 Å². The van der Waals surface area contributed by atoms with Gasteiger partial charge in [-0.05, 0) is 115 Å². The smallest absolute Gasteiger partial charge is 0.221 e. The number of benzene rings is 10. The fourth-order valence-corrected chi connectivity index (χ4v) is 13.4. The van der Waals surface area contributed by atoms with Crippen molar-refractivity contribution in [3.05, 3.63) is 252 Å². The fraction of sp³-hybridized carbons (Fsp3) is 0.0476. The van der Waals surface area contributed by atoms with Gasteiger partial charge in [0.2, 0.25) is 5.95 Å². The molecule has 3 atom stereocenters. The van der Waals surface area contributed by atoms with Crippen molar-refractivity contribution in [1.82, 2.24) is 18.9 Å². The summed E-state index contributed by atoms with van der Waals surface area (Å²) in [6.45, 7) is 0. The van der Waals surface area contributed by atoms with E-state index in [2.05, 4.69) is 227 Å². The lowest BCUT2D eigenvalue weighted by molar-refractivity contribution is 0.491. The summed E-state index contributed by atoms with van der Waals surface area (Å²) in [7, 11) is 0. The summed E-state index contributed by atoms with van der Waals surface area (Å²) in [5, 5.41) is 5.80. The summed E-state index contributed by atoms with van der Waals surface area (Å²) in [6.07, 6.45) is 0. The molecule has 0 amide bonds. The maximum atomic E-state index is 5.52. The first-order chi connectivity index (χ1) is 33.3. The molecule has 0 N–H and O–H groups in total. The molecule has 10 aromatic carbocycles. The molecule has 3 aliphatic rings. The lowest BCUT2D eigenvalue weighted by atomic mass is 9.60. The predicted octanol–water partition coefficient (Wildman–Crippen LogP) is 15.2. The molecule has 0 bridgehead atoms. The van der Waals surface area contributed by atoms with Gasteiger partial charge in [-0.1, -0.05) is 176 Å². The minimum absolute atomic E-state index is 0.163. The molecule has 13 aromatic rings. The van der Waals surface area contributed by atoms with Gasteiger partial charge in [-0.25, -0.2) is 9.97 Å². The molecule has 0 fully saturated rings. The topological polar surface area (TPSA) is 35.1 Å². The first-order valence-corrected chi connectivity index (χ1v) is 23.4. The van der Waals surface area contributed by atoms with Crippen molar-refractivity contribution >= 4 is 60.2 Å². The highest BCUT2D eigenvalue weighted by Gasteiger charge is 2.60. The van der Waals surface area contributed by atoms with E-state index >= 15 is 0 Å². The van der Waals surface area contributed by atoms with Gasteiger partial charge in [-0.3, -0.25) is 8.97 Å². The second-order valence-corrected chi connectivity index (χ2v) is 18.7. The molecule has 16 rings (SSSR count). The van der Waals surface area contributed by atoms with Crippen LogP contribution in [-0.2, 0) is 5.41 Å². The Morgan fingerprint density at radius 3 is 1.81 bits per heavy atom. The van der Waals surface area contributed by atoms with Gasteiger partial charge in [0.05, 0.1) is 33.0 Å². The van der Waals surface area contributed by atoms with Gasteiger partial charge in [-0.2, -0.15) is 0 Å². The molecule has 0 aliphatic heterocycles. The molecular weight excluding hydrogens is 813 g/mol. The number of hydrogen-bond donors (Lipinski definition) is 0. The van der Waals surface area contributed by atoms with Crippen LogP contribution in [0.2, 0.25) is 0 Å². The quantitative estimate of drug-likeness (QED) is 0.174. The molecule has 67 heavy (non-hydrogen) atoms. The third-order valence-corrected chi connectivity index (χ3v) is 15.8. The zero-order chi connectivity index (χ0) is 43.5. The van der Waals surface area contributed by atoms with Crippen molar-refractivity contribution in [2.45, 2.75) is 17.3 Å². The van der Waals surface area contributed by atoms with Crippen LogP contribution < -0.4 is 0 Å². The van der Waals surface area contributed by atoms with Gasteiger partial charge in [-0.15, -0.1) is 0 Å². The molecule has 0 saturated carbocycles. The van der Waals surface area contributed by atoms with Gasteiger partial charge in [0.1, 0.15) is 5.65 Å². The van der Waals surface area contributed by atoms with Gasteiger partial charge < -0.3 is 0 Å². The van der Waals surface area contributed by atoms with Crippen LogP contribution in [0.25, 0.3) is 99.5 Å². The first kappa shape index (κ1) is 35.7. The third kappa shape index (κ3) is 4.39. The highest BCUT2D eigenvalue weighted by molar-refractivity contribution is 6.22. The maximum absolute atomic E-state index is 5.52. The zero-order valence-corrected chi connectivity index (χ0v) is 36.2. The minimum Gasteiger partial charge on any atom is -0.278 e. The van der Waals surface area contributed by atoms with Crippen LogP contribution in [0.4, 0.5) is 0 Å². The summed E-state index contributed by atoms with van der Waals surface area (Å²) >= 11 is 0. The molecule has 3 aromatic heterocycles. The molecule has 310 valence electrons. The van der Waals surface area contributed by atoms with E-state index in [-0.39, 0.29) is 11.8 Å². The van der Waals surface area contributed by atoms with Crippen molar-refractivity contribution in [2.75, 3.05) is 0 Å². The van der Waals surface area contributed by atoms with Gasteiger partial charge in [0.25, 0.3) is 0 Å². The summed E-state index contributed by atoms with van der Waals surface area (Å²) in [6, 6.07) is 81.6. The fourth-order valence-electron chi connectivity index (χ4n) is 13.4. The average molecular weight is 851 g/mol. The number of fused-ring (bicyclic) bond motifs is 25. The summed E-state index contributed by atoms with van der Waals surface area (Å²) in [5.74, 6) is 1.19. The van der Waals surface area contributed by atoms with E-state index in [0.29, 0.717) is 0 Å². The number of aromatic nitrogens is 4. The van der Waals surface area contributed by atoms with Crippen molar-refractivity contribution in [3.8, 4) is 39.3 Å². The summed E-state index contributed by atoms with van der Waals surface area (Å²) in [5.41, 5.74) is 21.9. The van der Waals surface area contributed by atoms with E-state index in [1.54, 1.807) is 0 Å². The van der Waals surface area contributed by atoms with Gasteiger partial charge >= 0.3 is 0 Å². The van der Waals surface area contributed by atoms with Crippen molar-refractivity contribution in [3.63, 3.8) is 0 Å². The largest absolute Gasteiger partial charge is 0.278 e. The van der Waals surface area contributed by atoms with E-state index in [9.17, 15) is 0 Å². The Morgan fingerprint density at radius 1 is 0.373 bits per heavy atom. The Bertz CT molecular complexity index is 4320. The SMILES string of the molecule is c1ccc2c(c1)-c1ccccc1C1C2c2ccccc2C12c1ccccc1-c1ccc(-c3cc4c5ccccc5n(-c5nc6ccccc6c6nc7ccccc7n56)c4c4ccccc34)cc12. The van der Waals surface area contributed by atoms with E-state index < -0.39 is 5.41 Å². The van der Waals surface area contributed by atoms with Gasteiger partial charge in [0, 0.05) is 33.4 Å². The molecular formula is C63H38N4. The second kappa shape index (κ2) is 12.8. The predicted molar refractivity (Wildman–Crippen MR) is 274 cm³/mol. The van der Waals surface area contributed by atoms with Crippen LogP contribution in [0.3, 0.4) is 0 Å². The minimum atomic E-state index is -0.413. The average Bonchev–Trinajstić information content (AvgIpc) is 4.13. The molecule has 3 unspecified atom stereocenters. The number of imidazole rings is 1. The molecule has 4 heteroatoms. The van der Waals surface area contributed by atoms with Crippen molar-refractivity contribution in [2.24, 2.45) is 0 Å². The molecule has 0 radical (unpaired) electrons. The summed E-state index contributed by atoms with van der Waals surface area (Å²) in [4.78, 5) is 10.8. The van der Waals surface area contributed by atoms with Crippen LogP contribution in [0.15, 0.2) is 218 Å².